The first-order chi connectivity index (χ1) is 18.0. The predicted octanol–water partition coefficient (Wildman–Crippen LogP) is 2.51. The summed E-state index contributed by atoms with van der Waals surface area (Å²) in [6.07, 6.45) is 6.95. The molecule has 2 aliphatic heterocycles. The van der Waals surface area contributed by atoms with Gasteiger partial charge in [0.1, 0.15) is 12.1 Å². The lowest BCUT2D eigenvalue weighted by atomic mass is 9.92. The van der Waals surface area contributed by atoms with Crippen LogP contribution >= 0.6 is 0 Å². The number of nitrogens with one attached hydrogen (secondary N) is 3. The number of nitrogens with two attached hydrogens (primary N) is 1. The number of aromatic nitrogens is 1. The summed E-state index contributed by atoms with van der Waals surface area (Å²) in [6.45, 7) is 0.118. The van der Waals surface area contributed by atoms with Crippen LogP contribution in [0, 0.1) is 0 Å². The molecule has 3 heterocycles. The number of hydrogen-bond donors (Lipinski definition) is 4. The fraction of sp³-hybridized carbons (Fsp3) is 0.414. The number of benzene rings is 2. The van der Waals surface area contributed by atoms with Gasteiger partial charge in [-0.25, -0.2) is 0 Å². The quantitative estimate of drug-likeness (QED) is 0.439. The van der Waals surface area contributed by atoms with Crippen molar-refractivity contribution in [3.63, 3.8) is 0 Å². The van der Waals surface area contributed by atoms with Gasteiger partial charge in [-0.3, -0.25) is 14.4 Å². The van der Waals surface area contributed by atoms with Crippen LogP contribution in [0.2, 0.25) is 0 Å². The largest absolute Gasteiger partial charge is 0.368 e. The van der Waals surface area contributed by atoms with E-state index in [2.05, 4.69) is 39.9 Å². The first-order valence-corrected chi connectivity index (χ1v) is 13.2. The van der Waals surface area contributed by atoms with Crippen LogP contribution in [0.4, 0.5) is 0 Å². The number of amides is 3. The zero-order valence-corrected chi connectivity index (χ0v) is 21.3. The molecular weight excluding hydrogens is 466 g/mol. The Morgan fingerprint density at radius 2 is 1.70 bits per heavy atom. The van der Waals surface area contributed by atoms with Gasteiger partial charge in [-0.05, 0) is 68.3 Å². The van der Waals surface area contributed by atoms with E-state index in [0.717, 1.165) is 22.2 Å². The molecule has 3 unspecified atom stereocenters. The Hall–Kier alpha value is -3.65. The Kier molecular flexibility index (Phi) is 7.28. The lowest BCUT2D eigenvalue weighted by Crippen LogP contribution is -2.53. The van der Waals surface area contributed by atoms with Crippen LogP contribution in [0.25, 0.3) is 10.9 Å². The van der Waals surface area contributed by atoms with Gasteiger partial charge < -0.3 is 26.3 Å². The van der Waals surface area contributed by atoms with Gasteiger partial charge in [0.25, 0.3) is 0 Å². The van der Waals surface area contributed by atoms with Crippen molar-refractivity contribution in [3.05, 3.63) is 70.9 Å². The second-order valence-electron chi connectivity index (χ2n) is 10.2. The van der Waals surface area contributed by atoms with Gasteiger partial charge in [0.15, 0.2) is 0 Å². The Labute approximate surface area is 217 Å². The third-order valence-electron chi connectivity index (χ3n) is 7.79. The minimum absolute atomic E-state index is 0.118. The highest BCUT2D eigenvalue weighted by atomic mass is 16.2. The third kappa shape index (κ3) is 4.98. The number of primary amides is 1. The summed E-state index contributed by atoms with van der Waals surface area (Å²) in [7, 11) is 1.67. The second-order valence-corrected chi connectivity index (χ2v) is 10.2. The Bertz CT molecular complexity index is 1290. The first kappa shape index (κ1) is 25.0. The van der Waals surface area contributed by atoms with E-state index in [1.54, 1.807) is 23.1 Å². The average Bonchev–Trinajstić information content (AvgIpc) is 3.48. The molecule has 0 radical (unpaired) electrons. The SMILES string of the molecule is CNCC(=O)NC1Cc2c([nH]c3ccccc23)C2CCC(C(N)=O)N2C1=O.c1ccc2c(c1)CCCC2. The van der Waals surface area contributed by atoms with Crippen molar-refractivity contribution in [2.24, 2.45) is 5.73 Å². The number of likely N-dealkylation sites (N-methyl/N-ethyl adjacent to an activating group) is 1. The van der Waals surface area contributed by atoms with Gasteiger partial charge in [-0.15, -0.1) is 0 Å². The summed E-state index contributed by atoms with van der Waals surface area (Å²) >= 11 is 0. The van der Waals surface area contributed by atoms with Crippen LogP contribution in [0.5, 0.6) is 0 Å². The fourth-order valence-corrected chi connectivity index (χ4v) is 6.07. The van der Waals surface area contributed by atoms with Gasteiger partial charge in [0.05, 0.1) is 12.6 Å². The number of nitrogens with zero attached hydrogens (tertiary/aromatic N) is 1. The normalized spacial score (nSPS) is 22.2. The molecule has 3 amide bonds. The summed E-state index contributed by atoms with van der Waals surface area (Å²) in [5.74, 6) is -1.02. The van der Waals surface area contributed by atoms with E-state index in [4.69, 9.17) is 5.73 Å². The van der Waals surface area contributed by atoms with Gasteiger partial charge >= 0.3 is 0 Å². The average molecular weight is 502 g/mol. The molecule has 1 aromatic heterocycles. The second kappa shape index (κ2) is 10.8. The number of hydrogen-bond acceptors (Lipinski definition) is 4. The van der Waals surface area contributed by atoms with E-state index in [9.17, 15) is 14.4 Å². The van der Waals surface area contributed by atoms with Crippen molar-refractivity contribution in [1.29, 1.82) is 0 Å². The summed E-state index contributed by atoms with van der Waals surface area (Å²) in [6, 6.07) is 15.1. The van der Waals surface area contributed by atoms with E-state index < -0.39 is 18.0 Å². The summed E-state index contributed by atoms with van der Waals surface area (Å²) < 4.78 is 0. The molecule has 37 heavy (non-hydrogen) atoms. The molecule has 5 N–H and O–H groups in total. The topological polar surface area (TPSA) is 120 Å². The van der Waals surface area contributed by atoms with Gasteiger partial charge in [-0.1, -0.05) is 42.5 Å². The van der Waals surface area contributed by atoms with Gasteiger partial charge in [0, 0.05) is 23.0 Å². The number of fused-ring (bicyclic) bond motifs is 6. The Morgan fingerprint density at radius 3 is 2.38 bits per heavy atom. The maximum Gasteiger partial charge on any atom is 0.246 e. The van der Waals surface area contributed by atoms with Crippen LogP contribution < -0.4 is 16.4 Å². The van der Waals surface area contributed by atoms with Crippen molar-refractivity contribution in [1.82, 2.24) is 20.5 Å². The summed E-state index contributed by atoms with van der Waals surface area (Å²) in [5.41, 5.74) is 11.7. The minimum Gasteiger partial charge on any atom is -0.368 e. The molecule has 2 aromatic carbocycles. The predicted molar refractivity (Wildman–Crippen MR) is 143 cm³/mol. The zero-order chi connectivity index (χ0) is 25.9. The van der Waals surface area contributed by atoms with Crippen LogP contribution in [0.1, 0.15) is 54.1 Å². The van der Waals surface area contributed by atoms with Gasteiger partial charge in [0.2, 0.25) is 17.7 Å². The highest BCUT2D eigenvalue weighted by molar-refractivity contribution is 5.95. The lowest BCUT2D eigenvalue weighted by molar-refractivity contribution is -0.142. The highest BCUT2D eigenvalue weighted by Gasteiger charge is 2.47. The van der Waals surface area contributed by atoms with E-state index in [1.807, 2.05) is 24.3 Å². The molecule has 1 saturated heterocycles. The highest BCUT2D eigenvalue weighted by Crippen LogP contribution is 2.42. The molecule has 0 bridgehead atoms. The standard InChI is InChI=1S/C19H23N5O3.C10H12/c1-21-9-16(25)22-13-8-11-10-4-2-3-5-12(10)23-17(11)14-6-7-15(18(20)26)24(14)19(13)27;1-2-6-10-8-4-3-7-9(10)5-1/h2-5,13-15,21,23H,6-9H2,1H3,(H2,20,26)(H,22,25);1-2,5-6H,3-4,7-8H2. The molecule has 8 heteroatoms. The third-order valence-corrected chi connectivity index (χ3v) is 7.79. The summed E-state index contributed by atoms with van der Waals surface area (Å²) in [4.78, 5) is 42.4. The number of rotatable bonds is 4. The van der Waals surface area contributed by atoms with Crippen molar-refractivity contribution < 1.29 is 14.4 Å². The molecule has 1 fully saturated rings. The number of carbonyl (C=O) groups is 3. The van der Waals surface area contributed by atoms with Crippen LogP contribution in [-0.2, 0) is 33.6 Å². The summed E-state index contributed by atoms with van der Waals surface area (Å²) in [5, 5.41) is 6.65. The molecule has 1 aliphatic carbocycles. The maximum absolute atomic E-state index is 13.3. The van der Waals surface area contributed by atoms with Crippen LogP contribution in [0.3, 0.4) is 0 Å². The molecule has 0 spiro atoms. The van der Waals surface area contributed by atoms with E-state index in [-0.39, 0.29) is 24.4 Å². The van der Waals surface area contributed by atoms with E-state index in [0.29, 0.717) is 19.3 Å². The fourth-order valence-electron chi connectivity index (χ4n) is 6.07. The molecule has 3 aliphatic rings. The minimum atomic E-state index is -0.728. The van der Waals surface area contributed by atoms with Crippen molar-refractivity contribution >= 4 is 28.6 Å². The molecule has 3 atom stereocenters. The van der Waals surface area contributed by atoms with Crippen molar-refractivity contribution in [2.45, 2.75) is 63.1 Å². The van der Waals surface area contributed by atoms with Crippen LogP contribution in [-0.4, -0.2) is 53.3 Å². The van der Waals surface area contributed by atoms with Crippen LogP contribution in [0.15, 0.2) is 48.5 Å². The first-order valence-electron chi connectivity index (χ1n) is 13.2. The Morgan fingerprint density at radius 1 is 1.03 bits per heavy atom. The zero-order valence-electron chi connectivity index (χ0n) is 21.3. The van der Waals surface area contributed by atoms with E-state index in [1.165, 1.54) is 25.7 Å². The molecule has 6 rings (SSSR count). The number of aromatic amines is 1. The number of carbonyl (C=O) groups excluding carboxylic acids is 3. The monoisotopic (exact) mass is 501 g/mol. The molecule has 3 aromatic rings. The molecular formula is C29H35N5O3. The maximum atomic E-state index is 13.3. The van der Waals surface area contributed by atoms with Gasteiger partial charge in [-0.2, -0.15) is 0 Å². The van der Waals surface area contributed by atoms with E-state index >= 15 is 0 Å². The molecule has 8 nitrogen and oxygen atoms in total. The lowest BCUT2D eigenvalue weighted by Gasteiger charge is -2.29. The van der Waals surface area contributed by atoms with Crippen molar-refractivity contribution in [3.8, 4) is 0 Å². The molecule has 194 valence electrons. The number of para-hydroxylation sites is 1. The smallest absolute Gasteiger partial charge is 0.246 e. The van der Waals surface area contributed by atoms with Crippen molar-refractivity contribution in [2.75, 3.05) is 13.6 Å². The number of H-pyrrole nitrogens is 1. The molecule has 0 saturated carbocycles. The Balaban J connectivity index is 0.000000233. The number of aryl methyl sites for hydroxylation is 2.